The first-order chi connectivity index (χ1) is 9.90. The molecule has 4 nitrogen and oxygen atoms in total. The Bertz CT molecular complexity index is 555. The van der Waals surface area contributed by atoms with Crippen LogP contribution in [0.4, 0.5) is 0 Å². The van der Waals surface area contributed by atoms with Gasteiger partial charge < -0.3 is 5.11 Å². The number of aryl methyl sites for hydroxylation is 1. The smallest absolute Gasteiger partial charge is 0.243 e. The van der Waals surface area contributed by atoms with E-state index in [4.69, 9.17) is 0 Å². The molecule has 0 heterocycles. The summed E-state index contributed by atoms with van der Waals surface area (Å²) in [6.45, 7) is 8.81. The third-order valence-electron chi connectivity index (χ3n) is 3.93. The number of aliphatic hydroxyl groups is 1. The van der Waals surface area contributed by atoms with Gasteiger partial charge in [0.1, 0.15) is 0 Å². The molecule has 1 rings (SSSR count). The molecule has 0 spiro atoms. The van der Waals surface area contributed by atoms with Gasteiger partial charge in [0.15, 0.2) is 0 Å². The molecule has 0 saturated heterocycles. The molecule has 0 aliphatic rings. The molecule has 1 aromatic carbocycles. The highest BCUT2D eigenvalue weighted by molar-refractivity contribution is 7.89. The predicted molar refractivity (Wildman–Crippen MR) is 85.6 cm³/mol. The third-order valence-corrected chi connectivity index (χ3v) is 5.87. The minimum atomic E-state index is -3.49. The van der Waals surface area contributed by atoms with E-state index >= 15 is 0 Å². The van der Waals surface area contributed by atoms with Crippen LogP contribution in [0.25, 0.3) is 0 Å². The quantitative estimate of drug-likeness (QED) is 0.803. The second-order valence-corrected chi connectivity index (χ2v) is 7.35. The summed E-state index contributed by atoms with van der Waals surface area (Å²) < 4.78 is 27.0. The van der Waals surface area contributed by atoms with Crippen molar-refractivity contribution in [3.8, 4) is 0 Å². The van der Waals surface area contributed by atoms with Gasteiger partial charge in [-0.25, -0.2) is 8.42 Å². The first-order valence-electron chi connectivity index (χ1n) is 7.63. The Kier molecular flexibility index (Phi) is 6.84. The van der Waals surface area contributed by atoms with Gasteiger partial charge in [0.05, 0.1) is 11.5 Å². The molecular formula is C16H27NO3S. The first kappa shape index (κ1) is 18.1. The van der Waals surface area contributed by atoms with Gasteiger partial charge in [0.2, 0.25) is 10.0 Å². The van der Waals surface area contributed by atoms with Gasteiger partial charge in [0.25, 0.3) is 0 Å². The molecule has 0 amide bonds. The Morgan fingerprint density at radius 3 is 2.33 bits per heavy atom. The number of hydrogen-bond donors (Lipinski definition) is 1. The Balaban J connectivity index is 3.16. The van der Waals surface area contributed by atoms with Gasteiger partial charge >= 0.3 is 0 Å². The Morgan fingerprint density at radius 1 is 1.19 bits per heavy atom. The number of benzene rings is 1. The highest BCUT2D eigenvalue weighted by Gasteiger charge is 2.24. The fourth-order valence-electron chi connectivity index (χ4n) is 2.28. The van der Waals surface area contributed by atoms with E-state index in [-0.39, 0.29) is 11.5 Å². The molecule has 120 valence electrons. The van der Waals surface area contributed by atoms with Crippen LogP contribution in [0.15, 0.2) is 23.1 Å². The number of sulfonamides is 1. The number of nitrogens with zero attached hydrogens (tertiary/aromatic N) is 1. The molecular weight excluding hydrogens is 286 g/mol. The van der Waals surface area contributed by atoms with Gasteiger partial charge in [-0.15, -0.1) is 0 Å². The van der Waals surface area contributed by atoms with E-state index in [1.165, 1.54) is 4.31 Å². The average Bonchev–Trinajstić information content (AvgIpc) is 2.51. The maximum atomic E-state index is 12.7. The Hall–Kier alpha value is -0.910. The average molecular weight is 313 g/mol. The molecule has 0 bridgehead atoms. The van der Waals surface area contributed by atoms with E-state index in [2.05, 4.69) is 13.8 Å². The summed E-state index contributed by atoms with van der Waals surface area (Å²) in [5, 5.41) is 9.41. The highest BCUT2D eigenvalue weighted by atomic mass is 32.2. The predicted octanol–water partition coefficient (Wildman–Crippen LogP) is 2.80. The van der Waals surface area contributed by atoms with E-state index in [9.17, 15) is 13.5 Å². The minimum absolute atomic E-state index is 0.135. The number of aliphatic hydroxyl groups excluding tert-OH is 1. The zero-order valence-electron chi connectivity index (χ0n) is 13.5. The lowest BCUT2D eigenvalue weighted by Gasteiger charge is -2.24. The normalized spacial score (nSPS) is 13.6. The molecule has 5 heteroatoms. The monoisotopic (exact) mass is 313 g/mol. The second kappa shape index (κ2) is 7.92. The maximum Gasteiger partial charge on any atom is 0.243 e. The molecule has 0 aliphatic heterocycles. The van der Waals surface area contributed by atoms with E-state index in [1.54, 1.807) is 18.2 Å². The van der Waals surface area contributed by atoms with Crippen LogP contribution in [0.2, 0.25) is 0 Å². The Morgan fingerprint density at radius 2 is 1.86 bits per heavy atom. The molecule has 0 radical (unpaired) electrons. The topological polar surface area (TPSA) is 57.6 Å². The highest BCUT2D eigenvalue weighted by Crippen LogP contribution is 2.21. The van der Waals surface area contributed by atoms with Crippen LogP contribution >= 0.6 is 0 Å². The Labute approximate surface area is 128 Å². The van der Waals surface area contributed by atoms with E-state index in [0.717, 1.165) is 18.4 Å². The van der Waals surface area contributed by atoms with Crippen molar-refractivity contribution in [3.05, 3.63) is 29.3 Å². The van der Waals surface area contributed by atoms with E-state index in [1.807, 2.05) is 13.8 Å². The van der Waals surface area contributed by atoms with Crippen LogP contribution in [0.3, 0.4) is 0 Å². The first-order valence-corrected chi connectivity index (χ1v) is 9.07. The molecule has 21 heavy (non-hydrogen) atoms. The fourth-order valence-corrected chi connectivity index (χ4v) is 3.90. The molecule has 0 fully saturated rings. The van der Waals surface area contributed by atoms with Crippen molar-refractivity contribution >= 4 is 10.0 Å². The minimum Gasteiger partial charge on any atom is -0.392 e. The summed E-state index contributed by atoms with van der Waals surface area (Å²) in [4.78, 5) is 0.272. The maximum absolute atomic E-state index is 12.7. The van der Waals surface area contributed by atoms with Gasteiger partial charge in [-0.05, 0) is 35.6 Å². The van der Waals surface area contributed by atoms with E-state index < -0.39 is 10.0 Å². The molecule has 1 atom stereocenters. The van der Waals surface area contributed by atoms with Crippen LogP contribution in [0.5, 0.6) is 0 Å². The lowest BCUT2D eigenvalue weighted by molar-refractivity contribution is 0.280. The largest absolute Gasteiger partial charge is 0.392 e. The van der Waals surface area contributed by atoms with Crippen molar-refractivity contribution in [2.24, 2.45) is 5.92 Å². The van der Waals surface area contributed by atoms with Crippen LogP contribution < -0.4 is 0 Å². The summed E-state index contributed by atoms with van der Waals surface area (Å²) in [7, 11) is -3.49. The van der Waals surface area contributed by atoms with Crippen molar-refractivity contribution in [3.63, 3.8) is 0 Å². The zero-order valence-corrected chi connectivity index (χ0v) is 14.3. The molecule has 0 aliphatic carbocycles. The molecule has 1 N–H and O–H groups in total. The molecule has 0 aromatic heterocycles. The SMILES string of the molecule is CCc1ccc(S(=O)(=O)N(CC)CC(C)CC)cc1CO. The standard InChI is InChI=1S/C16H27NO3S/c1-5-13(4)11-17(7-3)21(19,20)16-9-8-14(6-2)15(10-16)12-18/h8-10,13,18H,5-7,11-12H2,1-4H3. The molecule has 1 unspecified atom stereocenters. The lowest BCUT2D eigenvalue weighted by atomic mass is 10.1. The zero-order chi connectivity index (χ0) is 16.0. The lowest BCUT2D eigenvalue weighted by Crippen LogP contribution is -2.34. The van der Waals surface area contributed by atoms with Crippen molar-refractivity contribution < 1.29 is 13.5 Å². The van der Waals surface area contributed by atoms with Crippen LogP contribution in [-0.4, -0.2) is 30.9 Å². The van der Waals surface area contributed by atoms with Crippen molar-refractivity contribution in [1.82, 2.24) is 4.31 Å². The fraction of sp³-hybridized carbons (Fsp3) is 0.625. The van der Waals surface area contributed by atoms with Crippen molar-refractivity contribution in [2.75, 3.05) is 13.1 Å². The molecule has 0 saturated carbocycles. The van der Waals surface area contributed by atoms with Gasteiger partial charge in [0, 0.05) is 13.1 Å². The van der Waals surface area contributed by atoms with Gasteiger partial charge in [-0.3, -0.25) is 0 Å². The molecule has 1 aromatic rings. The second-order valence-electron chi connectivity index (χ2n) is 5.41. The van der Waals surface area contributed by atoms with Crippen LogP contribution in [0.1, 0.15) is 45.2 Å². The summed E-state index contributed by atoms with van der Waals surface area (Å²) in [5.74, 6) is 0.326. The summed E-state index contributed by atoms with van der Waals surface area (Å²) >= 11 is 0. The summed E-state index contributed by atoms with van der Waals surface area (Å²) in [5.41, 5.74) is 1.68. The van der Waals surface area contributed by atoms with Gasteiger partial charge in [-0.1, -0.05) is 40.2 Å². The van der Waals surface area contributed by atoms with Crippen LogP contribution in [0, 0.1) is 5.92 Å². The van der Waals surface area contributed by atoms with Crippen molar-refractivity contribution in [2.45, 2.75) is 52.0 Å². The van der Waals surface area contributed by atoms with E-state index in [0.29, 0.717) is 24.6 Å². The summed E-state index contributed by atoms with van der Waals surface area (Å²) in [6, 6.07) is 5.05. The third kappa shape index (κ3) is 4.28. The summed E-state index contributed by atoms with van der Waals surface area (Å²) in [6.07, 6.45) is 1.73. The van der Waals surface area contributed by atoms with Crippen LogP contribution in [-0.2, 0) is 23.1 Å². The number of rotatable bonds is 8. The van der Waals surface area contributed by atoms with Gasteiger partial charge in [-0.2, -0.15) is 4.31 Å². The number of hydrogen-bond acceptors (Lipinski definition) is 3. The van der Waals surface area contributed by atoms with Crippen molar-refractivity contribution in [1.29, 1.82) is 0 Å².